The lowest BCUT2D eigenvalue weighted by Crippen LogP contribution is -2.72. The van der Waals surface area contributed by atoms with Crippen LogP contribution in [0.1, 0.15) is 52.9 Å². The highest BCUT2D eigenvalue weighted by Gasteiger charge is 2.67. The summed E-state index contributed by atoms with van der Waals surface area (Å²) in [6, 6.07) is -0.548. The second kappa shape index (κ2) is 6.13. The molecule has 2 bridgehead atoms. The van der Waals surface area contributed by atoms with Gasteiger partial charge >= 0.3 is 12.1 Å². The maximum absolute atomic E-state index is 12.7. The summed E-state index contributed by atoms with van der Waals surface area (Å²) in [6.45, 7) is 6.57. The summed E-state index contributed by atoms with van der Waals surface area (Å²) in [4.78, 5) is 26.7. The molecule has 0 aromatic carbocycles. The van der Waals surface area contributed by atoms with E-state index in [1.807, 2.05) is 0 Å². The Balaban J connectivity index is 1.96. The maximum Gasteiger partial charge on any atom is 0.410 e. The number of carboxylic acids is 1. The van der Waals surface area contributed by atoms with Crippen LogP contribution in [0, 0.1) is 11.3 Å². The lowest BCUT2D eigenvalue weighted by Gasteiger charge is -2.60. The zero-order valence-electron chi connectivity index (χ0n) is 15.3. The molecule has 4 aliphatic rings. The van der Waals surface area contributed by atoms with Gasteiger partial charge < -0.3 is 24.6 Å². The van der Waals surface area contributed by atoms with Crippen molar-refractivity contribution >= 4 is 12.1 Å². The summed E-state index contributed by atoms with van der Waals surface area (Å²) in [7, 11) is 0. The van der Waals surface area contributed by atoms with E-state index in [-0.39, 0.29) is 18.8 Å². The zero-order chi connectivity index (χ0) is 18.5. The first-order valence-electron chi connectivity index (χ1n) is 9.12. The number of carbonyl (C=O) groups is 2. The highest BCUT2D eigenvalue weighted by atomic mass is 16.6. The maximum atomic E-state index is 12.7. The molecule has 4 fully saturated rings. The molecule has 0 aromatic heterocycles. The van der Waals surface area contributed by atoms with Crippen molar-refractivity contribution in [1.29, 1.82) is 0 Å². The molecule has 7 heteroatoms. The van der Waals surface area contributed by atoms with E-state index in [0.717, 1.165) is 6.42 Å². The second-order valence-electron chi connectivity index (χ2n) is 8.72. The topological polar surface area (TPSA) is 96.3 Å². The van der Waals surface area contributed by atoms with Crippen LogP contribution in [0.15, 0.2) is 0 Å². The molecule has 25 heavy (non-hydrogen) atoms. The third kappa shape index (κ3) is 3.01. The van der Waals surface area contributed by atoms with E-state index >= 15 is 0 Å². The summed E-state index contributed by atoms with van der Waals surface area (Å²) in [6.07, 6.45) is 1.95. The molecule has 0 aromatic rings. The Morgan fingerprint density at radius 3 is 2.36 bits per heavy atom. The number of amides is 1. The molecule has 3 heterocycles. The lowest BCUT2D eigenvalue weighted by molar-refractivity contribution is -0.219. The molecule has 0 spiro atoms. The predicted molar refractivity (Wildman–Crippen MR) is 89.1 cm³/mol. The molecule has 3 unspecified atom stereocenters. The molecule has 2 N–H and O–H groups in total. The lowest BCUT2D eigenvalue weighted by atomic mass is 9.53. The summed E-state index contributed by atoms with van der Waals surface area (Å²) in [5, 5.41) is 21.5. The predicted octanol–water partition coefficient (Wildman–Crippen LogP) is 2.02. The van der Waals surface area contributed by atoms with Crippen LogP contribution in [0.2, 0.25) is 0 Å². The van der Waals surface area contributed by atoms with Crippen molar-refractivity contribution < 1.29 is 29.3 Å². The fourth-order valence-electron chi connectivity index (χ4n) is 4.92. The number of carbonyl (C=O) groups excluding carboxylic acids is 1. The Morgan fingerprint density at radius 1 is 1.20 bits per heavy atom. The van der Waals surface area contributed by atoms with Crippen molar-refractivity contribution in [2.24, 2.45) is 11.3 Å². The van der Waals surface area contributed by atoms with E-state index in [1.54, 1.807) is 25.7 Å². The number of ether oxygens (including phenoxy) is 2. The van der Waals surface area contributed by atoms with Gasteiger partial charge in [-0.2, -0.15) is 0 Å². The summed E-state index contributed by atoms with van der Waals surface area (Å²) in [5.74, 6) is -0.944. The molecular weight excluding hydrogens is 326 g/mol. The number of hydrogen-bond acceptors (Lipinski definition) is 5. The van der Waals surface area contributed by atoms with E-state index < -0.39 is 34.7 Å². The largest absolute Gasteiger partial charge is 0.481 e. The minimum absolute atomic E-state index is 0.0699. The van der Waals surface area contributed by atoms with Gasteiger partial charge in [0.25, 0.3) is 0 Å². The molecule has 1 amide bonds. The first-order valence-corrected chi connectivity index (χ1v) is 9.12. The van der Waals surface area contributed by atoms with Gasteiger partial charge in [0.15, 0.2) is 0 Å². The van der Waals surface area contributed by atoms with Crippen molar-refractivity contribution in [3.8, 4) is 0 Å². The molecular formula is C18H29NO6. The second-order valence-corrected chi connectivity index (χ2v) is 8.72. The van der Waals surface area contributed by atoms with Crippen molar-refractivity contribution in [3.05, 3.63) is 0 Å². The molecule has 3 atom stereocenters. The van der Waals surface area contributed by atoms with Gasteiger partial charge in [-0.3, -0.25) is 4.79 Å². The van der Waals surface area contributed by atoms with Crippen LogP contribution in [0.4, 0.5) is 4.79 Å². The fraction of sp³-hybridized carbons (Fsp3) is 0.889. The fourth-order valence-corrected chi connectivity index (χ4v) is 4.92. The summed E-state index contributed by atoms with van der Waals surface area (Å²) >= 11 is 0. The molecule has 3 aliphatic heterocycles. The monoisotopic (exact) mass is 355 g/mol. The Hall–Kier alpha value is -1.34. The molecule has 1 saturated carbocycles. The van der Waals surface area contributed by atoms with Crippen LogP contribution < -0.4 is 0 Å². The van der Waals surface area contributed by atoms with Crippen molar-refractivity contribution in [2.45, 2.75) is 70.1 Å². The van der Waals surface area contributed by atoms with E-state index in [1.165, 1.54) is 0 Å². The Morgan fingerprint density at radius 2 is 1.84 bits per heavy atom. The number of hydrogen-bond donors (Lipinski definition) is 2. The van der Waals surface area contributed by atoms with Gasteiger partial charge in [-0.15, -0.1) is 0 Å². The normalized spacial score (nSPS) is 34.6. The van der Waals surface area contributed by atoms with Gasteiger partial charge in [0.1, 0.15) is 11.0 Å². The average Bonchev–Trinajstić information content (AvgIpc) is 2.53. The van der Waals surface area contributed by atoms with Crippen LogP contribution in [-0.2, 0) is 14.3 Å². The van der Waals surface area contributed by atoms with Crippen LogP contribution in [0.25, 0.3) is 0 Å². The number of aliphatic carboxylic acids is 1. The third-order valence-electron chi connectivity index (χ3n) is 6.02. The average molecular weight is 355 g/mol. The number of nitrogens with zero attached hydrogens (tertiary/aromatic N) is 1. The van der Waals surface area contributed by atoms with Gasteiger partial charge in [0, 0.05) is 32.6 Å². The Kier molecular flexibility index (Phi) is 4.52. The number of rotatable bonds is 2. The minimum Gasteiger partial charge on any atom is -0.481 e. The molecule has 7 nitrogen and oxygen atoms in total. The van der Waals surface area contributed by atoms with E-state index in [2.05, 4.69) is 0 Å². The quantitative estimate of drug-likeness (QED) is 0.787. The number of fused-ring (bicyclic) bond motifs is 3. The van der Waals surface area contributed by atoms with Crippen molar-refractivity contribution in [3.63, 3.8) is 0 Å². The van der Waals surface area contributed by atoms with E-state index in [0.29, 0.717) is 32.6 Å². The number of piperidine rings is 2. The molecule has 1 aliphatic carbocycles. The zero-order valence-corrected chi connectivity index (χ0v) is 15.3. The third-order valence-corrected chi connectivity index (χ3v) is 6.02. The summed E-state index contributed by atoms with van der Waals surface area (Å²) < 4.78 is 10.9. The SMILES string of the molecule is CC(C)(C)OC(=O)N1CC2CCC1C(C(=O)O)(C1(O)CCOCC1)C2. The Bertz CT molecular complexity index is 550. The first-order chi connectivity index (χ1) is 11.6. The van der Waals surface area contributed by atoms with Crippen LogP contribution in [-0.4, -0.2) is 64.2 Å². The molecule has 3 saturated heterocycles. The van der Waals surface area contributed by atoms with Crippen LogP contribution in [0.5, 0.6) is 0 Å². The van der Waals surface area contributed by atoms with Gasteiger partial charge in [-0.25, -0.2) is 4.79 Å². The number of aliphatic hydroxyl groups is 1. The molecule has 0 radical (unpaired) electrons. The smallest absolute Gasteiger partial charge is 0.410 e. The highest BCUT2D eigenvalue weighted by molar-refractivity contribution is 5.80. The van der Waals surface area contributed by atoms with Gasteiger partial charge in [-0.05, 0) is 46.0 Å². The van der Waals surface area contributed by atoms with Crippen LogP contribution >= 0.6 is 0 Å². The van der Waals surface area contributed by atoms with Gasteiger partial charge in [-0.1, -0.05) is 0 Å². The minimum atomic E-state index is -1.36. The summed E-state index contributed by atoms with van der Waals surface area (Å²) in [5.41, 5.74) is -3.36. The first kappa shape index (κ1) is 18.5. The number of carboxylic acid groups (broad SMARTS) is 1. The van der Waals surface area contributed by atoms with Crippen molar-refractivity contribution in [2.75, 3.05) is 19.8 Å². The standard InChI is InChI=1S/C18H29NO6/c1-16(2,3)25-15(22)19-11-12-4-5-13(19)18(10-12,14(20)21)17(23)6-8-24-9-7-17/h12-13,23H,4-11H2,1-3H3,(H,20,21). The molecule has 4 rings (SSSR count). The highest BCUT2D eigenvalue weighted by Crippen LogP contribution is 2.56. The van der Waals surface area contributed by atoms with Crippen molar-refractivity contribution in [1.82, 2.24) is 4.90 Å². The van der Waals surface area contributed by atoms with E-state index in [4.69, 9.17) is 9.47 Å². The Labute approximate surface area is 148 Å². The van der Waals surface area contributed by atoms with Gasteiger partial charge in [0.2, 0.25) is 0 Å². The van der Waals surface area contributed by atoms with Gasteiger partial charge in [0.05, 0.1) is 11.6 Å². The van der Waals surface area contributed by atoms with Crippen LogP contribution in [0.3, 0.4) is 0 Å². The van der Waals surface area contributed by atoms with E-state index in [9.17, 15) is 19.8 Å². The molecule has 142 valence electrons.